The zero-order valence-corrected chi connectivity index (χ0v) is 12.5. The average Bonchev–Trinajstić information content (AvgIpc) is 2.92. The molecule has 0 spiro atoms. The van der Waals surface area contributed by atoms with E-state index in [0.717, 1.165) is 11.3 Å². The molecule has 3 rings (SSSR count). The van der Waals surface area contributed by atoms with Gasteiger partial charge in [-0.2, -0.15) is 0 Å². The van der Waals surface area contributed by atoms with Crippen LogP contribution in [0.25, 0.3) is 0 Å². The maximum absolute atomic E-state index is 12.0. The number of hydrogen-bond donors (Lipinski definition) is 0. The van der Waals surface area contributed by atoms with Crippen LogP contribution in [0.2, 0.25) is 9.36 Å². The highest BCUT2D eigenvalue weighted by Gasteiger charge is 2.39. The lowest BCUT2D eigenvalue weighted by Crippen LogP contribution is -2.32. The highest BCUT2D eigenvalue weighted by molar-refractivity contribution is 7.15. The Morgan fingerprint density at radius 2 is 1.67 bits per heavy atom. The van der Waals surface area contributed by atoms with Gasteiger partial charge in [0.05, 0.1) is 16.1 Å². The van der Waals surface area contributed by atoms with Crippen LogP contribution < -0.4 is 0 Å². The summed E-state index contributed by atoms with van der Waals surface area (Å²) in [5, 5.41) is 1.98. The van der Waals surface area contributed by atoms with Crippen molar-refractivity contribution in [3.63, 3.8) is 0 Å². The van der Waals surface area contributed by atoms with Gasteiger partial charge in [-0.05, 0) is 12.1 Å². The first-order valence-electron chi connectivity index (χ1n) is 5.63. The second kappa shape index (κ2) is 5.14. The zero-order chi connectivity index (χ0) is 15.1. The largest absolute Gasteiger partial charge is 0.367 e. The van der Waals surface area contributed by atoms with E-state index >= 15 is 0 Å². The summed E-state index contributed by atoms with van der Waals surface area (Å²) in [5.74, 6) is -2.36. The lowest BCUT2D eigenvalue weighted by molar-refractivity contribution is -0.0584. The molecule has 0 bridgehead atoms. The quantitative estimate of drug-likeness (QED) is 0.785. The minimum atomic E-state index is -0.958. The van der Waals surface area contributed by atoms with E-state index < -0.39 is 17.8 Å². The van der Waals surface area contributed by atoms with E-state index in [2.05, 4.69) is 0 Å². The van der Waals surface area contributed by atoms with Gasteiger partial charge >= 0.3 is 5.97 Å². The van der Waals surface area contributed by atoms with Gasteiger partial charge in [0.1, 0.15) is 9.90 Å². The second-order valence-corrected chi connectivity index (χ2v) is 5.95. The number of halogens is 2. The highest BCUT2D eigenvalue weighted by Crippen LogP contribution is 2.33. The van der Waals surface area contributed by atoms with Crippen LogP contribution in [0.4, 0.5) is 0 Å². The normalized spacial score (nSPS) is 13.5. The van der Waals surface area contributed by atoms with Crippen LogP contribution in [-0.4, -0.2) is 22.8 Å². The number of hydrogen-bond acceptors (Lipinski definition) is 5. The van der Waals surface area contributed by atoms with Gasteiger partial charge in [0.25, 0.3) is 11.8 Å². The molecule has 5 nitrogen and oxygen atoms in total. The molecular weight excluding hydrogens is 337 g/mol. The van der Waals surface area contributed by atoms with Gasteiger partial charge in [0.2, 0.25) is 0 Å². The van der Waals surface area contributed by atoms with Crippen LogP contribution >= 0.6 is 34.5 Å². The van der Waals surface area contributed by atoms with E-state index in [-0.39, 0.29) is 26.0 Å². The molecule has 1 aliphatic rings. The lowest BCUT2D eigenvalue weighted by atomic mass is 10.1. The van der Waals surface area contributed by atoms with Crippen LogP contribution in [0, 0.1) is 0 Å². The smallest absolute Gasteiger partial charge is 0.324 e. The maximum Gasteiger partial charge on any atom is 0.367 e. The van der Waals surface area contributed by atoms with Crippen molar-refractivity contribution in [2.24, 2.45) is 0 Å². The monoisotopic (exact) mass is 341 g/mol. The van der Waals surface area contributed by atoms with E-state index in [0.29, 0.717) is 5.06 Å². The first kappa shape index (κ1) is 14.1. The average molecular weight is 342 g/mol. The van der Waals surface area contributed by atoms with Crippen molar-refractivity contribution < 1.29 is 19.2 Å². The fourth-order valence-corrected chi connectivity index (χ4v) is 3.23. The van der Waals surface area contributed by atoms with Gasteiger partial charge in [0.15, 0.2) is 0 Å². The summed E-state index contributed by atoms with van der Waals surface area (Å²) in [5.41, 5.74) is 0.288. The molecule has 0 saturated carbocycles. The molecule has 0 saturated heterocycles. The predicted octanol–water partition coefficient (Wildman–Crippen LogP) is 3.42. The van der Waals surface area contributed by atoms with Crippen LogP contribution in [0.15, 0.2) is 29.6 Å². The Morgan fingerprint density at radius 3 is 2.14 bits per heavy atom. The minimum Gasteiger partial charge on any atom is -0.324 e. The van der Waals surface area contributed by atoms with E-state index in [1.807, 2.05) is 0 Å². The van der Waals surface area contributed by atoms with Crippen LogP contribution in [-0.2, 0) is 4.84 Å². The summed E-state index contributed by atoms with van der Waals surface area (Å²) in [6, 6.07) is 6.19. The topological polar surface area (TPSA) is 63.7 Å². The summed E-state index contributed by atoms with van der Waals surface area (Å²) in [4.78, 5) is 41.0. The molecule has 106 valence electrons. The summed E-state index contributed by atoms with van der Waals surface area (Å²) >= 11 is 12.7. The molecule has 8 heteroatoms. The van der Waals surface area contributed by atoms with Crippen molar-refractivity contribution in [2.45, 2.75) is 0 Å². The molecule has 0 atom stereocenters. The van der Waals surface area contributed by atoms with Crippen molar-refractivity contribution in [3.8, 4) is 0 Å². The van der Waals surface area contributed by atoms with Crippen LogP contribution in [0.5, 0.6) is 0 Å². The molecule has 2 heterocycles. The molecule has 1 aromatic heterocycles. The molecule has 0 fully saturated rings. The second-order valence-electron chi connectivity index (χ2n) is 4.06. The first-order valence-corrected chi connectivity index (χ1v) is 7.27. The van der Waals surface area contributed by atoms with Gasteiger partial charge in [-0.15, -0.1) is 11.3 Å². The molecule has 1 aromatic carbocycles. The molecule has 2 aromatic rings. The number of carbonyl (C=O) groups is 3. The van der Waals surface area contributed by atoms with E-state index in [1.165, 1.54) is 17.5 Å². The summed E-state index contributed by atoms with van der Waals surface area (Å²) in [6.45, 7) is 0. The van der Waals surface area contributed by atoms with Gasteiger partial charge in [-0.3, -0.25) is 9.59 Å². The summed E-state index contributed by atoms with van der Waals surface area (Å²) in [7, 11) is 0. The van der Waals surface area contributed by atoms with E-state index in [9.17, 15) is 14.4 Å². The number of hydroxylamine groups is 2. The molecule has 0 unspecified atom stereocenters. The molecule has 0 radical (unpaired) electrons. The third-order valence-electron chi connectivity index (χ3n) is 2.84. The third-order valence-corrected chi connectivity index (χ3v) is 4.48. The maximum atomic E-state index is 12.0. The Labute approximate surface area is 132 Å². The fraction of sp³-hybridized carbons (Fsp3) is 0. The van der Waals surface area contributed by atoms with E-state index in [1.54, 1.807) is 12.1 Å². The Morgan fingerprint density at radius 1 is 1.10 bits per heavy atom. The van der Waals surface area contributed by atoms with Crippen molar-refractivity contribution >= 4 is 52.3 Å². The Kier molecular flexibility index (Phi) is 3.44. The minimum absolute atomic E-state index is 0.0695. The number of carbonyl (C=O) groups excluding carboxylic acids is 3. The molecule has 2 amide bonds. The number of imide groups is 1. The van der Waals surface area contributed by atoms with Crippen LogP contribution in [0.1, 0.15) is 31.1 Å². The zero-order valence-electron chi connectivity index (χ0n) is 10.1. The van der Waals surface area contributed by atoms with Gasteiger partial charge in [0, 0.05) is 5.38 Å². The fourth-order valence-electron chi connectivity index (χ4n) is 1.87. The number of fused-ring (bicyclic) bond motifs is 1. The van der Waals surface area contributed by atoms with Crippen molar-refractivity contribution in [3.05, 3.63) is 55.7 Å². The number of rotatable bonds is 2. The SMILES string of the molecule is O=C(ON1C(=O)c2ccccc2C1=O)c1c(Cl)csc1Cl. The van der Waals surface area contributed by atoms with Gasteiger partial charge < -0.3 is 4.84 Å². The lowest BCUT2D eigenvalue weighted by Gasteiger charge is -2.12. The Hall–Kier alpha value is -1.89. The molecule has 1 aliphatic heterocycles. The molecular formula is C13H5Cl2NO4S. The van der Waals surface area contributed by atoms with Crippen molar-refractivity contribution in [1.82, 2.24) is 5.06 Å². The number of thiophene rings is 1. The van der Waals surface area contributed by atoms with Crippen molar-refractivity contribution in [1.29, 1.82) is 0 Å². The van der Waals surface area contributed by atoms with E-state index in [4.69, 9.17) is 28.0 Å². The highest BCUT2D eigenvalue weighted by atomic mass is 35.5. The number of nitrogens with zero attached hydrogens (tertiary/aromatic N) is 1. The van der Waals surface area contributed by atoms with Crippen molar-refractivity contribution in [2.75, 3.05) is 0 Å². The Bertz CT molecular complexity index is 732. The predicted molar refractivity (Wildman–Crippen MR) is 76.7 cm³/mol. The number of amides is 2. The van der Waals surface area contributed by atoms with Gasteiger partial charge in [-0.1, -0.05) is 40.4 Å². The summed E-state index contributed by atoms with van der Waals surface area (Å²) < 4.78 is 0.126. The third kappa shape index (κ3) is 2.21. The van der Waals surface area contributed by atoms with Gasteiger partial charge in [-0.25, -0.2) is 4.79 Å². The van der Waals surface area contributed by atoms with Crippen LogP contribution in [0.3, 0.4) is 0 Å². The Balaban J connectivity index is 1.89. The first-order chi connectivity index (χ1) is 10.0. The molecule has 0 N–H and O–H groups in total. The standard InChI is InChI=1S/C13H5Cl2NO4S/c14-8-5-21-10(15)9(8)13(19)20-16-11(17)6-3-1-2-4-7(6)12(16)18/h1-5H. The summed E-state index contributed by atoms with van der Waals surface area (Å²) in [6.07, 6.45) is 0. The molecule has 0 aliphatic carbocycles. The molecule has 21 heavy (non-hydrogen) atoms. The number of benzene rings is 1.